The number of aliphatic hydroxyl groups excluding tert-OH is 1. The third kappa shape index (κ3) is 8.30. The summed E-state index contributed by atoms with van der Waals surface area (Å²) in [6.07, 6.45) is -0.812. The topological polar surface area (TPSA) is 167 Å². The molecule has 4 rings (SSSR count). The molecule has 44 heavy (non-hydrogen) atoms. The largest absolute Gasteiger partial charge is 0.491 e. The second-order valence-electron chi connectivity index (χ2n) is 11.5. The zero-order valence-corrected chi connectivity index (χ0v) is 25.8. The number of hydrogen-bond acceptors (Lipinski definition) is 9. The molecule has 0 bridgehead atoms. The number of carboxylic acid groups (broad SMARTS) is 1. The lowest BCUT2D eigenvalue weighted by Crippen LogP contribution is -2.56. The predicted molar refractivity (Wildman–Crippen MR) is 159 cm³/mol. The van der Waals surface area contributed by atoms with Crippen LogP contribution < -0.4 is 15.4 Å². The molecule has 2 aliphatic rings. The number of aliphatic carboxylic acids is 1. The maximum atomic E-state index is 14.3. The number of rotatable bonds is 15. The second kappa shape index (κ2) is 14.4. The van der Waals surface area contributed by atoms with Crippen LogP contribution in [0.5, 0.6) is 5.75 Å². The number of carbonyl (C=O) groups excluding carboxylic acids is 3. The minimum absolute atomic E-state index is 0.0179. The van der Waals surface area contributed by atoms with Gasteiger partial charge in [0.25, 0.3) is 5.91 Å². The van der Waals surface area contributed by atoms with Crippen molar-refractivity contribution in [2.45, 2.75) is 76.9 Å². The Morgan fingerprint density at radius 3 is 2.59 bits per heavy atom. The highest BCUT2D eigenvalue weighted by atomic mass is 32.1. The van der Waals surface area contributed by atoms with Gasteiger partial charge >= 0.3 is 5.97 Å². The maximum absolute atomic E-state index is 14.3. The zero-order valence-electron chi connectivity index (χ0n) is 25.0. The monoisotopic (exact) mass is 634 g/mol. The number of alkyl halides is 1. The molecule has 1 aromatic carbocycles. The molecule has 2 heterocycles. The summed E-state index contributed by atoms with van der Waals surface area (Å²) >= 11 is 1.48. The minimum Gasteiger partial charge on any atom is -0.491 e. The number of aliphatic hydroxyl groups is 1. The lowest BCUT2D eigenvalue weighted by Gasteiger charge is -2.30. The number of aromatic nitrogens is 1. The van der Waals surface area contributed by atoms with E-state index < -0.39 is 47.5 Å². The number of thiazole rings is 1. The van der Waals surface area contributed by atoms with Crippen LogP contribution in [0.25, 0.3) is 10.4 Å². The Morgan fingerprint density at radius 1 is 1.20 bits per heavy atom. The maximum Gasteiger partial charge on any atom is 0.305 e. The summed E-state index contributed by atoms with van der Waals surface area (Å²) in [5, 5.41) is 24.5. The number of aryl methyl sites for hydroxylation is 1. The molecule has 4 N–H and O–H groups in total. The van der Waals surface area contributed by atoms with Crippen LogP contribution in [0.15, 0.2) is 23.7 Å². The first kappa shape index (κ1) is 33.3. The third-order valence-corrected chi connectivity index (χ3v) is 8.63. The SMILES string of the molecule is Cc1ncsc1-c1ccc(CNC(=O)[C@@H]2C[C@@H](O)CN2C(=O)[C@@H](NC(=O)C2(F)CC2)C(C)C)c(OCCOCCC(=O)O)c1. The van der Waals surface area contributed by atoms with Gasteiger partial charge in [-0.2, -0.15) is 0 Å². The molecule has 1 aliphatic heterocycles. The Hall–Kier alpha value is -3.62. The van der Waals surface area contributed by atoms with Gasteiger partial charge in [0.1, 0.15) is 24.4 Å². The standard InChI is InChI=1S/C30H39FN4O8S/c1-17(2)25(34-29(41)30(31)7-8-30)28(40)35-15-21(36)13-22(35)27(39)32-14-20-5-4-19(26-18(3)33-16-44-26)12-23(20)43-11-10-42-9-6-24(37)38/h4-5,12,16-17,21-22,25,36H,6-11,13-15H2,1-3H3,(H,32,39)(H,34,41)(H,37,38)/t21-,22+,25+/m1/s1. The fourth-order valence-electron chi connectivity index (χ4n) is 4.93. The van der Waals surface area contributed by atoms with Crippen molar-refractivity contribution in [3.8, 4) is 16.2 Å². The molecule has 1 aliphatic carbocycles. The van der Waals surface area contributed by atoms with Crippen LogP contribution in [-0.2, 0) is 30.5 Å². The van der Waals surface area contributed by atoms with Crippen LogP contribution in [0.3, 0.4) is 0 Å². The first-order chi connectivity index (χ1) is 20.9. The summed E-state index contributed by atoms with van der Waals surface area (Å²) in [4.78, 5) is 56.5. The van der Waals surface area contributed by atoms with Gasteiger partial charge in [0.2, 0.25) is 11.8 Å². The van der Waals surface area contributed by atoms with Gasteiger partial charge in [-0.25, -0.2) is 9.37 Å². The quantitative estimate of drug-likeness (QED) is 0.215. The lowest BCUT2D eigenvalue weighted by atomic mass is 10.0. The number of carboxylic acids is 1. The first-order valence-corrected chi connectivity index (χ1v) is 15.5. The fraction of sp³-hybridized carbons (Fsp3) is 0.567. The van der Waals surface area contributed by atoms with Crippen LogP contribution in [0.2, 0.25) is 0 Å². The van der Waals surface area contributed by atoms with Gasteiger partial charge in [0, 0.05) is 25.1 Å². The van der Waals surface area contributed by atoms with Crippen LogP contribution in [0.1, 0.15) is 50.8 Å². The Morgan fingerprint density at radius 2 is 1.95 bits per heavy atom. The van der Waals surface area contributed by atoms with Crippen LogP contribution in [0.4, 0.5) is 4.39 Å². The average Bonchev–Trinajstić information content (AvgIpc) is 3.39. The van der Waals surface area contributed by atoms with Crippen molar-refractivity contribution in [3.05, 3.63) is 35.0 Å². The Bertz CT molecular complexity index is 1360. The van der Waals surface area contributed by atoms with Crippen molar-refractivity contribution in [2.75, 3.05) is 26.4 Å². The van der Waals surface area contributed by atoms with Gasteiger partial charge in [0.05, 0.1) is 41.8 Å². The van der Waals surface area contributed by atoms with Crippen molar-refractivity contribution in [3.63, 3.8) is 0 Å². The van der Waals surface area contributed by atoms with E-state index in [0.717, 1.165) is 16.1 Å². The highest BCUT2D eigenvalue weighted by Crippen LogP contribution is 2.40. The highest BCUT2D eigenvalue weighted by molar-refractivity contribution is 7.13. The zero-order chi connectivity index (χ0) is 32.0. The number of amides is 3. The summed E-state index contributed by atoms with van der Waals surface area (Å²) in [6, 6.07) is 3.51. The molecule has 14 heteroatoms. The van der Waals surface area contributed by atoms with E-state index in [9.17, 15) is 28.7 Å². The average molecular weight is 635 g/mol. The molecule has 0 spiro atoms. The normalized spacial score (nSPS) is 19.5. The molecule has 1 saturated carbocycles. The van der Waals surface area contributed by atoms with Crippen LogP contribution in [-0.4, -0.2) is 94.0 Å². The molecule has 0 unspecified atom stereocenters. The van der Waals surface area contributed by atoms with E-state index in [-0.39, 0.29) is 64.5 Å². The number of nitrogens with zero attached hydrogens (tertiary/aromatic N) is 2. The van der Waals surface area contributed by atoms with Crippen molar-refractivity contribution < 1.29 is 43.3 Å². The summed E-state index contributed by atoms with van der Waals surface area (Å²) in [5.41, 5.74) is 2.18. The van der Waals surface area contributed by atoms with E-state index in [2.05, 4.69) is 15.6 Å². The van der Waals surface area contributed by atoms with E-state index in [1.807, 2.05) is 25.1 Å². The molecular formula is C30H39FN4O8S. The summed E-state index contributed by atoms with van der Waals surface area (Å²) in [6.45, 7) is 5.67. The lowest BCUT2D eigenvalue weighted by molar-refractivity contribution is -0.143. The molecular weight excluding hydrogens is 595 g/mol. The first-order valence-electron chi connectivity index (χ1n) is 14.6. The van der Waals surface area contributed by atoms with E-state index in [1.165, 1.54) is 16.2 Å². The molecule has 3 amide bonds. The van der Waals surface area contributed by atoms with Gasteiger partial charge in [0.15, 0.2) is 5.67 Å². The van der Waals surface area contributed by atoms with Gasteiger partial charge in [-0.3, -0.25) is 19.2 Å². The highest BCUT2D eigenvalue weighted by Gasteiger charge is 2.52. The Kier molecular flexibility index (Phi) is 10.9. The number of hydrogen-bond donors (Lipinski definition) is 4. The molecule has 240 valence electrons. The molecule has 12 nitrogen and oxygen atoms in total. The van der Waals surface area contributed by atoms with Crippen molar-refractivity contribution >= 4 is 35.0 Å². The summed E-state index contributed by atoms with van der Waals surface area (Å²) in [5.74, 6) is -2.71. The molecule has 2 aromatic rings. The molecule has 1 saturated heterocycles. The Labute approximate surface area is 258 Å². The van der Waals surface area contributed by atoms with Crippen molar-refractivity contribution in [1.82, 2.24) is 20.5 Å². The predicted octanol–water partition coefficient (Wildman–Crippen LogP) is 2.21. The number of halogens is 1. The Balaban J connectivity index is 1.44. The molecule has 3 atom stereocenters. The van der Waals surface area contributed by atoms with Gasteiger partial charge in [-0.15, -0.1) is 11.3 Å². The number of nitrogens with one attached hydrogen (secondary N) is 2. The summed E-state index contributed by atoms with van der Waals surface area (Å²) < 4.78 is 25.6. The number of likely N-dealkylation sites (tertiary alicyclic amines) is 1. The summed E-state index contributed by atoms with van der Waals surface area (Å²) in [7, 11) is 0. The van der Waals surface area contributed by atoms with Gasteiger partial charge in [-0.1, -0.05) is 26.0 Å². The van der Waals surface area contributed by atoms with E-state index in [4.69, 9.17) is 14.6 Å². The second-order valence-corrected chi connectivity index (χ2v) is 12.3. The van der Waals surface area contributed by atoms with Crippen LogP contribution >= 0.6 is 11.3 Å². The van der Waals surface area contributed by atoms with E-state index >= 15 is 0 Å². The number of ether oxygens (including phenoxy) is 2. The number of carbonyl (C=O) groups is 4. The minimum atomic E-state index is -1.95. The van der Waals surface area contributed by atoms with E-state index in [0.29, 0.717) is 11.3 Å². The van der Waals surface area contributed by atoms with E-state index in [1.54, 1.807) is 19.4 Å². The number of β-amino-alcohol motifs (C(OH)–C–C–N with tert-alkyl or cyclic N) is 1. The fourth-order valence-corrected chi connectivity index (χ4v) is 5.74. The smallest absolute Gasteiger partial charge is 0.305 e. The van der Waals surface area contributed by atoms with Crippen molar-refractivity contribution in [2.24, 2.45) is 5.92 Å². The third-order valence-electron chi connectivity index (χ3n) is 7.65. The molecule has 1 aromatic heterocycles. The van der Waals surface area contributed by atoms with Gasteiger partial charge < -0.3 is 35.2 Å². The van der Waals surface area contributed by atoms with Gasteiger partial charge in [-0.05, 0) is 37.3 Å². The van der Waals surface area contributed by atoms with Crippen LogP contribution in [0, 0.1) is 12.8 Å². The molecule has 2 fully saturated rings. The van der Waals surface area contributed by atoms with Crippen molar-refractivity contribution in [1.29, 1.82) is 0 Å². The number of benzene rings is 1. The molecule has 0 radical (unpaired) electrons.